The van der Waals surface area contributed by atoms with Crippen molar-refractivity contribution >= 4 is 35.7 Å². The van der Waals surface area contributed by atoms with E-state index in [-0.39, 0.29) is 30.4 Å². The van der Waals surface area contributed by atoms with Crippen molar-refractivity contribution in [3.05, 3.63) is 60.2 Å². The van der Waals surface area contributed by atoms with Gasteiger partial charge in [0, 0.05) is 30.5 Å². The summed E-state index contributed by atoms with van der Waals surface area (Å²) in [5, 5.41) is 5.70. The van der Waals surface area contributed by atoms with Crippen LogP contribution in [0.4, 0.5) is 16.2 Å². The fourth-order valence-electron chi connectivity index (χ4n) is 3.36. The number of hydrogen-bond acceptors (Lipinski definition) is 3. The van der Waals surface area contributed by atoms with Gasteiger partial charge in [-0.05, 0) is 49.1 Å². The molecule has 1 unspecified atom stereocenters. The van der Waals surface area contributed by atoms with Crippen LogP contribution in [0.2, 0.25) is 0 Å². The van der Waals surface area contributed by atoms with Gasteiger partial charge in [-0.3, -0.25) is 4.79 Å². The van der Waals surface area contributed by atoms with E-state index in [1.165, 1.54) is 0 Å². The van der Waals surface area contributed by atoms with Gasteiger partial charge >= 0.3 is 6.03 Å². The number of nitrogen functional groups attached to an aromatic ring is 1. The zero-order valence-electron chi connectivity index (χ0n) is 15.8. The van der Waals surface area contributed by atoms with Crippen molar-refractivity contribution in [3.63, 3.8) is 0 Å². The normalized spacial score (nSPS) is 16.0. The molecule has 6 nitrogen and oxygen atoms in total. The molecule has 1 atom stereocenters. The smallest absolute Gasteiger partial charge is 0.319 e. The lowest BCUT2D eigenvalue weighted by Gasteiger charge is -2.36. The average Bonchev–Trinajstić information content (AvgIpc) is 2.69. The SMILES string of the molecule is Cl.Nc1ccc(CC(=O)N2CCCCC2CNC(=O)Nc2ccccc2)cc1. The van der Waals surface area contributed by atoms with E-state index in [9.17, 15) is 9.59 Å². The molecule has 0 spiro atoms. The molecule has 0 aliphatic carbocycles. The molecule has 0 bridgehead atoms. The highest BCUT2D eigenvalue weighted by molar-refractivity contribution is 5.89. The Labute approximate surface area is 171 Å². The number of hydrogen-bond donors (Lipinski definition) is 3. The van der Waals surface area contributed by atoms with Crippen molar-refractivity contribution in [2.75, 3.05) is 24.1 Å². The number of halogens is 1. The summed E-state index contributed by atoms with van der Waals surface area (Å²) in [6.45, 7) is 1.19. The summed E-state index contributed by atoms with van der Waals surface area (Å²) in [4.78, 5) is 26.8. The van der Waals surface area contributed by atoms with Crippen molar-refractivity contribution in [2.24, 2.45) is 0 Å². The summed E-state index contributed by atoms with van der Waals surface area (Å²) in [5.74, 6) is 0.0924. The number of nitrogens with two attached hydrogens (primary N) is 1. The van der Waals surface area contributed by atoms with E-state index in [1.807, 2.05) is 59.5 Å². The fraction of sp³-hybridized carbons (Fsp3) is 0.333. The van der Waals surface area contributed by atoms with Gasteiger partial charge in [-0.25, -0.2) is 4.79 Å². The number of carbonyl (C=O) groups is 2. The van der Waals surface area contributed by atoms with E-state index in [1.54, 1.807) is 0 Å². The third-order valence-electron chi connectivity index (χ3n) is 4.81. The highest BCUT2D eigenvalue weighted by atomic mass is 35.5. The van der Waals surface area contributed by atoms with Crippen molar-refractivity contribution in [2.45, 2.75) is 31.7 Å². The first-order valence-corrected chi connectivity index (χ1v) is 9.35. The lowest BCUT2D eigenvalue weighted by Crippen LogP contribution is -2.50. The Morgan fingerprint density at radius 1 is 1.04 bits per heavy atom. The van der Waals surface area contributed by atoms with E-state index in [0.717, 1.165) is 37.1 Å². The molecule has 3 rings (SSSR count). The van der Waals surface area contributed by atoms with Crippen LogP contribution in [0.25, 0.3) is 0 Å². The fourth-order valence-corrected chi connectivity index (χ4v) is 3.36. The van der Waals surface area contributed by atoms with Crippen molar-refractivity contribution in [3.8, 4) is 0 Å². The number of anilines is 2. The molecule has 7 heteroatoms. The molecule has 0 radical (unpaired) electrons. The van der Waals surface area contributed by atoms with Gasteiger partial charge in [-0.15, -0.1) is 12.4 Å². The standard InChI is InChI=1S/C21H26N4O2.ClH/c22-17-11-9-16(10-12-17)14-20(26)25-13-5-4-8-19(25)15-23-21(27)24-18-6-2-1-3-7-18;/h1-3,6-7,9-12,19H,4-5,8,13-15,22H2,(H2,23,24,27);1H. The number of amides is 3. The Morgan fingerprint density at radius 3 is 2.46 bits per heavy atom. The van der Waals surface area contributed by atoms with Crippen LogP contribution in [-0.4, -0.2) is 36.0 Å². The van der Waals surface area contributed by atoms with Gasteiger partial charge in [-0.2, -0.15) is 0 Å². The van der Waals surface area contributed by atoms with Gasteiger partial charge in [0.25, 0.3) is 0 Å². The quantitative estimate of drug-likeness (QED) is 0.669. The third-order valence-corrected chi connectivity index (χ3v) is 4.81. The van der Waals surface area contributed by atoms with Crippen molar-refractivity contribution in [1.29, 1.82) is 0 Å². The summed E-state index contributed by atoms with van der Waals surface area (Å²) in [6, 6.07) is 16.5. The first-order valence-electron chi connectivity index (χ1n) is 9.35. The summed E-state index contributed by atoms with van der Waals surface area (Å²) >= 11 is 0. The van der Waals surface area contributed by atoms with Gasteiger partial charge in [-0.1, -0.05) is 30.3 Å². The number of nitrogens with one attached hydrogen (secondary N) is 2. The topological polar surface area (TPSA) is 87.5 Å². The maximum atomic E-state index is 12.8. The number of benzene rings is 2. The first-order chi connectivity index (χ1) is 13.1. The summed E-state index contributed by atoms with van der Waals surface area (Å²) in [5.41, 5.74) is 8.09. The summed E-state index contributed by atoms with van der Waals surface area (Å²) in [6.07, 6.45) is 3.32. The third kappa shape index (κ3) is 6.16. The highest BCUT2D eigenvalue weighted by Crippen LogP contribution is 2.18. The average molecular weight is 403 g/mol. The number of urea groups is 1. The van der Waals surface area contributed by atoms with Crippen LogP contribution >= 0.6 is 12.4 Å². The second kappa shape index (κ2) is 10.6. The van der Waals surface area contributed by atoms with Crippen LogP contribution in [0.3, 0.4) is 0 Å². The number of piperidine rings is 1. The Kier molecular flexibility index (Phi) is 8.14. The lowest BCUT2D eigenvalue weighted by atomic mass is 10.0. The van der Waals surface area contributed by atoms with Crippen LogP contribution < -0.4 is 16.4 Å². The number of para-hydroxylation sites is 1. The molecule has 28 heavy (non-hydrogen) atoms. The largest absolute Gasteiger partial charge is 0.399 e. The maximum Gasteiger partial charge on any atom is 0.319 e. The van der Waals surface area contributed by atoms with Crippen LogP contribution in [0.15, 0.2) is 54.6 Å². The zero-order valence-corrected chi connectivity index (χ0v) is 16.6. The van der Waals surface area contributed by atoms with E-state index in [0.29, 0.717) is 18.7 Å². The minimum Gasteiger partial charge on any atom is -0.399 e. The Hall–Kier alpha value is -2.73. The molecule has 3 amide bonds. The van der Waals surface area contributed by atoms with Crippen molar-refractivity contribution in [1.82, 2.24) is 10.2 Å². The van der Waals surface area contributed by atoms with Gasteiger partial charge in [0.1, 0.15) is 0 Å². The summed E-state index contributed by atoms with van der Waals surface area (Å²) in [7, 11) is 0. The van der Waals surface area contributed by atoms with Crippen LogP contribution in [0.1, 0.15) is 24.8 Å². The number of likely N-dealkylation sites (tertiary alicyclic amines) is 1. The van der Waals surface area contributed by atoms with Crippen LogP contribution in [-0.2, 0) is 11.2 Å². The second-order valence-corrected chi connectivity index (χ2v) is 6.86. The molecule has 1 aliphatic heterocycles. The van der Waals surface area contributed by atoms with Gasteiger partial charge in [0.15, 0.2) is 0 Å². The van der Waals surface area contributed by atoms with Gasteiger partial charge in [0.2, 0.25) is 5.91 Å². The highest BCUT2D eigenvalue weighted by Gasteiger charge is 2.26. The molecular formula is C21H27ClN4O2. The predicted molar refractivity (Wildman–Crippen MR) is 115 cm³/mol. The van der Waals surface area contributed by atoms with Gasteiger partial charge < -0.3 is 21.3 Å². The predicted octanol–water partition coefficient (Wildman–Crippen LogP) is 3.44. The number of carbonyl (C=O) groups excluding carboxylic acids is 2. The van der Waals surface area contributed by atoms with E-state index in [4.69, 9.17) is 5.73 Å². The molecule has 2 aromatic carbocycles. The molecule has 1 saturated heterocycles. The Balaban J connectivity index is 0.00000280. The first kappa shape index (κ1) is 21.6. The molecule has 0 saturated carbocycles. The molecule has 1 fully saturated rings. The maximum absolute atomic E-state index is 12.8. The second-order valence-electron chi connectivity index (χ2n) is 6.86. The van der Waals surface area contributed by atoms with E-state index >= 15 is 0 Å². The summed E-state index contributed by atoms with van der Waals surface area (Å²) < 4.78 is 0. The molecule has 150 valence electrons. The monoisotopic (exact) mass is 402 g/mol. The molecule has 1 heterocycles. The molecular weight excluding hydrogens is 376 g/mol. The van der Waals surface area contributed by atoms with Gasteiger partial charge in [0.05, 0.1) is 6.42 Å². The lowest BCUT2D eigenvalue weighted by molar-refractivity contribution is -0.134. The van der Waals surface area contributed by atoms with Crippen molar-refractivity contribution < 1.29 is 9.59 Å². The van der Waals surface area contributed by atoms with E-state index in [2.05, 4.69) is 10.6 Å². The molecule has 1 aliphatic rings. The number of nitrogens with zero attached hydrogens (tertiary/aromatic N) is 1. The van der Waals surface area contributed by atoms with E-state index < -0.39 is 0 Å². The van der Waals surface area contributed by atoms with Crippen LogP contribution in [0, 0.1) is 0 Å². The van der Waals surface area contributed by atoms with Crippen LogP contribution in [0.5, 0.6) is 0 Å². The Morgan fingerprint density at radius 2 is 1.75 bits per heavy atom. The molecule has 2 aromatic rings. The zero-order chi connectivity index (χ0) is 19.1. The minimum absolute atomic E-state index is 0. The molecule has 4 N–H and O–H groups in total. The molecule has 0 aromatic heterocycles. The minimum atomic E-state index is -0.252. The number of rotatable bonds is 5. The Bertz CT molecular complexity index is 768.